The van der Waals surface area contributed by atoms with Crippen LogP contribution in [0.2, 0.25) is 5.02 Å². The lowest BCUT2D eigenvalue weighted by Crippen LogP contribution is -2.34. The highest BCUT2D eigenvalue weighted by atomic mass is 35.5. The van der Waals surface area contributed by atoms with Crippen molar-refractivity contribution in [3.8, 4) is 0 Å². The van der Waals surface area contributed by atoms with Crippen molar-refractivity contribution in [3.05, 3.63) is 28.8 Å². The molecule has 1 aromatic rings. The smallest absolute Gasteiger partial charge is 0.0426 e. The van der Waals surface area contributed by atoms with Gasteiger partial charge in [-0.2, -0.15) is 0 Å². The van der Waals surface area contributed by atoms with E-state index in [9.17, 15) is 0 Å². The molecule has 3 heteroatoms. The minimum atomic E-state index is 0.585. The van der Waals surface area contributed by atoms with Gasteiger partial charge in [-0.15, -0.1) is 0 Å². The maximum absolute atomic E-state index is 6.10. The van der Waals surface area contributed by atoms with E-state index >= 15 is 0 Å². The van der Waals surface area contributed by atoms with Crippen molar-refractivity contribution < 1.29 is 0 Å². The molecular formula is C15H23ClN2. The van der Waals surface area contributed by atoms with Crippen molar-refractivity contribution >= 4 is 17.3 Å². The Morgan fingerprint density at radius 3 is 2.67 bits per heavy atom. The monoisotopic (exact) mass is 266 g/mol. The Bertz CT molecular complexity index is 384. The van der Waals surface area contributed by atoms with Crippen LogP contribution in [-0.2, 0) is 6.54 Å². The molecule has 0 spiro atoms. The second kappa shape index (κ2) is 6.44. The molecule has 0 atom stereocenters. The van der Waals surface area contributed by atoms with E-state index in [2.05, 4.69) is 24.0 Å². The average Bonchev–Trinajstić information content (AvgIpc) is 2.40. The molecular weight excluding hydrogens is 244 g/mol. The summed E-state index contributed by atoms with van der Waals surface area (Å²) in [5.74, 6) is 0.909. The van der Waals surface area contributed by atoms with Crippen LogP contribution in [0.4, 0.5) is 5.69 Å². The first-order valence-corrected chi connectivity index (χ1v) is 7.35. The van der Waals surface area contributed by atoms with Gasteiger partial charge in [-0.25, -0.2) is 0 Å². The SMILES string of the molecule is CCCC1CCN(c2cc(Cl)ccc2CN)CC1. The molecule has 18 heavy (non-hydrogen) atoms. The summed E-state index contributed by atoms with van der Waals surface area (Å²) in [5, 5.41) is 0.804. The fourth-order valence-electron chi connectivity index (χ4n) is 2.87. The van der Waals surface area contributed by atoms with Crippen LogP contribution in [0.25, 0.3) is 0 Å². The number of nitrogens with zero attached hydrogens (tertiary/aromatic N) is 1. The minimum Gasteiger partial charge on any atom is -0.371 e. The van der Waals surface area contributed by atoms with Crippen LogP contribution in [0.1, 0.15) is 38.2 Å². The van der Waals surface area contributed by atoms with Crippen LogP contribution in [-0.4, -0.2) is 13.1 Å². The summed E-state index contributed by atoms with van der Waals surface area (Å²) < 4.78 is 0. The van der Waals surface area contributed by atoms with E-state index in [0.29, 0.717) is 6.54 Å². The fraction of sp³-hybridized carbons (Fsp3) is 0.600. The lowest BCUT2D eigenvalue weighted by Gasteiger charge is -2.34. The molecule has 2 nitrogen and oxygen atoms in total. The van der Waals surface area contributed by atoms with Crippen molar-refractivity contribution in [1.29, 1.82) is 0 Å². The highest BCUT2D eigenvalue weighted by Crippen LogP contribution is 2.30. The molecule has 0 bridgehead atoms. The maximum atomic E-state index is 6.10. The zero-order valence-electron chi connectivity index (χ0n) is 11.2. The van der Waals surface area contributed by atoms with Gasteiger partial charge in [0, 0.05) is 30.3 Å². The molecule has 0 aliphatic carbocycles. The number of hydrogen-bond donors (Lipinski definition) is 1. The molecule has 0 aromatic heterocycles. The van der Waals surface area contributed by atoms with E-state index in [1.165, 1.54) is 36.9 Å². The van der Waals surface area contributed by atoms with Crippen LogP contribution in [0.15, 0.2) is 18.2 Å². The quantitative estimate of drug-likeness (QED) is 0.898. The Kier molecular flexibility index (Phi) is 4.90. The Hall–Kier alpha value is -0.730. The summed E-state index contributed by atoms with van der Waals surface area (Å²) in [7, 11) is 0. The molecule has 1 aliphatic rings. The van der Waals surface area contributed by atoms with Gasteiger partial charge in [0.1, 0.15) is 0 Å². The molecule has 2 rings (SSSR count). The molecule has 100 valence electrons. The normalized spacial score (nSPS) is 17.2. The van der Waals surface area contributed by atoms with E-state index in [-0.39, 0.29) is 0 Å². The van der Waals surface area contributed by atoms with E-state index in [4.69, 9.17) is 17.3 Å². The molecule has 2 N–H and O–H groups in total. The Morgan fingerprint density at radius 2 is 2.06 bits per heavy atom. The maximum Gasteiger partial charge on any atom is 0.0426 e. The van der Waals surface area contributed by atoms with Gasteiger partial charge in [-0.3, -0.25) is 0 Å². The van der Waals surface area contributed by atoms with Crippen molar-refractivity contribution in [2.45, 2.75) is 39.2 Å². The molecule has 0 unspecified atom stereocenters. The summed E-state index contributed by atoms with van der Waals surface area (Å²) >= 11 is 6.10. The Morgan fingerprint density at radius 1 is 1.33 bits per heavy atom. The number of piperidine rings is 1. The zero-order chi connectivity index (χ0) is 13.0. The first kappa shape index (κ1) is 13.7. The van der Waals surface area contributed by atoms with Gasteiger partial charge in [0.2, 0.25) is 0 Å². The van der Waals surface area contributed by atoms with E-state index < -0.39 is 0 Å². The predicted octanol–water partition coefficient (Wildman–Crippen LogP) is 3.82. The Balaban J connectivity index is 2.06. The summed E-state index contributed by atoms with van der Waals surface area (Å²) in [6.07, 6.45) is 5.26. The standard InChI is InChI=1S/C15H23ClN2/c1-2-3-12-6-8-18(9-7-12)15-10-14(16)5-4-13(15)11-17/h4-5,10,12H,2-3,6-9,11,17H2,1H3. The van der Waals surface area contributed by atoms with Gasteiger partial charge in [0.15, 0.2) is 0 Å². The zero-order valence-corrected chi connectivity index (χ0v) is 11.9. The second-order valence-corrected chi connectivity index (χ2v) is 5.63. The lowest BCUT2D eigenvalue weighted by molar-refractivity contribution is 0.378. The highest BCUT2D eigenvalue weighted by Gasteiger charge is 2.20. The van der Waals surface area contributed by atoms with Crippen molar-refractivity contribution in [2.75, 3.05) is 18.0 Å². The third kappa shape index (κ3) is 3.18. The number of anilines is 1. The predicted molar refractivity (Wildman–Crippen MR) is 79.2 cm³/mol. The number of halogens is 1. The largest absolute Gasteiger partial charge is 0.371 e. The number of hydrogen-bond acceptors (Lipinski definition) is 2. The molecule has 1 fully saturated rings. The van der Waals surface area contributed by atoms with E-state index in [1.807, 2.05) is 6.07 Å². The molecule has 1 aliphatic heterocycles. The molecule has 0 radical (unpaired) electrons. The van der Waals surface area contributed by atoms with E-state index in [1.54, 1.807) is 0 Å². The van der Waals surface area contributed by atoms with Gasteiger partial charge < -0.3 is 10.6 Å². The Labute approximate surface area is 115 Å². The molecule has 0 amide bonds. The van der Waals surface area contributed by atoms with Crippen LogP contribution in [0.5, 0.6) is 0 Å². The van der Waals surface area contributed by atoms with Crippen molar-refractivity contribution in [1.82, 2.24) is 0 Å². The number of benzene rings is 1. The van der Waals surface area contributed by atoms with Gasteiger partial charge in [-0.1, -0.05) is 37.4 Å². The fourth-order valence-corrected chi connectivity index (χ4v) is 3.04. The van der Waals surface area contributed by atoms with Crippen molar-refractivity contribution in [2.24, 2.45) is 11.7 Å². The van der Waals surface area contributed by atoms with Gasteiger partial charge in [-0.05, 0) is 36.5 Å². The first-order chi connectivity index (χ1) is 8.74. The van der Waals surface area contributed by atoms with Crippen molar-refractivity contribution in [3.63, 3.8) is 0 Å². The molecule has 1 heterocycles. The summed E-state index contributed by atoms with van der Waals surface area (Å²) in [6.45, 7) is 5.13. The van der Waals surface area contributed by atoms with Gasteiger partial charge in [0.05, 0.1) is 0 Å². The topological polar surface area (TPSA) is 29.3 Å². The summed E-state index contributed by atoms with van der Waals surface area (Å²) in [4.78, 5) is 2.44. The number of rotatable bonds is 4. The van der Waals surface area contributed by atoms with Crippen LogP contribution in [0.3, 0.4) is 0 Å². The third-order valence-corrected chi connectivity index (χ3v) is 4.15. The number of nitrogens with two attached hydrogens (primary N) is 1. The molecule has 1 aromatic carbocycles. The van der Waals surface area contributed by atoms with Gasteiger partial charge in [0.25, 0.3) is 0 Å². The first-order valence-electron chi connectivity index (χ1n) is 6.98. The molecule has 1 saturated heterocycles. The highest BCUT2D eigenvalue weighted by molar-refractivity contribution is 6.30. The average molecular weight is 267 g/mol. The van der Waals surface area contributed by atoms with Crippen LogP contribution in [0, 0.1) is 5.92 Å². The van der Waals surface area contributed by atoms with Crippen LogP contribution >= 0.6 is 11.6 Å². The minimum absolute atomic E-state index is 0.585. The summed E-state index contributed by atoms with van der Waals surface area (Å²) in [5.41, 5.74) is 8.25. The van der Waals surface area contributed by atoms with E-state index in [0.717, 1.165) is 24.0 Å². The third-order valence-electron chi connectivity index (χ3n) is 3.92. The second-order valence-electron chi connectivity index (χ2n) is 5.20. The molecule has 0 saturated carbocycles. The van der Waals surface area contributed by atoms with Gasteiger partial charge >= 0.3 is 0 Å². The summed E-state index contributed by atoms with van der Waals surface area (Å²) in [6, 6.07) is 6.04. The van der Waals surface area contributed by atoms with Crippen LogP contribution < -0.4 is 10.6 Å². The lowest BCUT2D eigenvalue weighted by atomic mass is 9.92.